The molecule has 0 spiro atoms. The second-order valence-corrected chi connectivity index (χ2v) is 8.13. The maximum absolute atomic E-state index is 12.5. The van der Waals surface area contributed by atoms with Crippen LogP contribution < -0.4 is 20.5 Å². The summed E-state index contributed by atoms with van der Waals surface area (Å²) in [7, 11) is 1.46. The number of nitriles is 1. The first-order valence-corrected chi connectivity index (χ1v) is 11.3. The summed E-state index contributed by atoms with van der Waals surface area (Å²) in [6.07, 6.45) is 1.47. The third-order valence-electron chi connectivity index (χ3n) is 4.92. The van der Waals surface area contributed by atoms with Gasteiger partial charge in [0.1, 0.15) is 11.6 Å². The fourth-order valence-corrected chi connectivity index (χ4v) is 3.78. The van der Waals surface area contributed by atoms with E-state index in [0.29, 0.717) is 26.9 Å². The van der Waals surface area contributed by atoms with Gasteiger partial charge in [-0.3, -0.25) is 9.78 Å². The Kier molecular flexibility index (Phi) is 7.53. The molecule has 1 heterocycles. The number of hydrazone groups is 1. The van der Waals surface area contributed by atoms with Gasteiger partial charge in [0.2, 0.25) is 5.95 Å². The van der Waals surface area contributed by atoms with Crippen molar-refractivity contribution in [3.63, 3.8) is 0 Å². The van der Waals surface area contributed by atoms with E-state index in [1.54, 1.807) is 66.7 Å². The molecule has 0 amide bonds. The minimum absolute atomic E-state index is 0.0635. The zero-order chi connectivity index (χ0) is 25.5. The molecule has 0 unspecified atom stereocenters. The third-order valence-corrected chi connectivity index (χ3v) is 5.51. The van der Waals surface area contributed by atoms with Gasteiger partial charge in [0.15, 0.2) is 11.5 Å². The summed E-state index contributed by atoms with van der Waals surface area (Å²) in [5, 5.41) is 13.5. The molecular formula is C26H18BrN5O4. The molecule has 0 saturated carbocycles. The highest BCUT2D eigenvalue weighted by molar-refractivity contribution is 9.10. The van der Waals surface area contributed by atoms with Crippen molar-refractivity contribution >= 4 is 34.1 Å². The largest absolute Gasteiger partial charge is 0.493 e. The van der Waals surface area contributed by atoms with E-state index >= 15 is 0 Å². The molecular weight excluding hydrogens is 526 g/mol. The van der Waals surface area contributed by atoms with Crippen molar-refractivity contribution in [2.75, 3.05) is 12.5 Å². The number of rotatable bonds is 7. The van der Waals surface area contributed by atoms with Crippen molar-refractivity contribution in [3.05, 3.63) is 104 Å². The molecule has 0 bridgehead atoms. The van der Waals surface area contributed by atoms with Gasteiger partial charge in [-0.25, -0.2) is 15.2 Å². The molecule has 0 atom stereocenters. The Hall–Kier alpha value is -4.75. The predicted octanol–water partition coefficient (Wildman–Crippen LogP) is 4.74. The topological polar surface area (TPSA) is 129 Å². The lowest BCUT2D eigenvalue weighted by Gasteiger charge is -2.12. The van der Waals surface area contributed by atoms with E-state index in [4.69, 9.17) is 9.47 Å². The van der Waals surface area contributed by atoms with Crippen molar-refractivity contribution in [2.45, 2.75) is 0 Å². The average Bonchev–Trinajstić information content (AvgIpc) is 2.90. The van der Waals surface area contributed by atoms with E-state index < -0.39 is 11.5 Å². The number of carbonyl (C=O) groups is 1. The predicted molar refractivity (Wildman–Crippen MR) is 138 cm³/mol. The molecule has 3 aromatic carbocycles. The van der Waals surface area contributed by atoms with Gasteiger partial charge in [-0.2, -0.15) is 10.4 Å². The molecule has 2 N–H and O–H groups in total. The first-order chi connectivity index (χ1) is 17.5. The van der Waals surface area contributed by atoms with Crippen LogP contribution in [0.3, 0.4) is 0 Å². The van der Waals surface area contributed by atoms with E-state index in [1.165, 1.54) is 13.3 Å². The molecule has 36 heavy (non-hydrogen) atoms. The Balaban J connectivity index is 1.56. The van der Waals surface area contributed by atoms with Crippen LogP contribution in [0, 0.1) is 11.3 Å². The molecule has 0 aliphatic carbocycles. The quantitative estimate of drug-likeness (QED) is 0.149. The monoisotopic (exact) mass is 543 g/mol. The van der Waals surface area contributed by atoms with Crippen LogP contribution in [-0.4, -0.2) is 29.3 Å². The standard InChI is InChI=1S/C26H18BrN5O4/c1-35-21-13-16(12-20(27)23(21)36-25(34)18-10-6-3-7-11-18)15-29-32-26-30-22(17-8-4-2-5-9-17)19(14-28)24(33)31-26/h2-13,15H,1H3,(H2,30,31,32,33). The van der Waals surface area contributed by atoms with Crippen LogP contribution in [0.2, 0.25) is 0 Å². The first-order valence-electron chi connectivity index (χ1n) is 10.5. The average molecular weight is 544 g/mol. The summed E-state index contributed by atoms with van der Waals surface area (Å²) in [6, 6.07) is 22.7. The van der Waals surface area contributed by atoms with Crippen LogP contribution in [0.4, 0.5) is 5.95 Å². The molecule has 0 aliphatic rings. The molecule has 4 aromatic rings. The molecule has 0 aliphatic heterocycles. The van der Waals surface area contributed by atoms with Gasteiger partial charge in [0.25, 0.3) is 5.56 Å². The number of esters is 1. The van der Waals surface area contributed by atoms with Crippen LogP contribution >= 0.6 is 15.9 Å². The van der Waals surface area contributed by atoms with Crippen molar-refractivity contribution in [1.29, 1.82) is 5.26 Å². The molecule has 0 saturated heterocycles. The second-order valence-electron chi connectivity index (χ2n) is 7.28. The second kappa shape index (κ2) is 11.1. The summed E-state index contributed by atoms with van der Waals surface area (Å²) < 4.78 is 11.4. The van der Waals surface area contributed by atoms with E-state index in [1.807, 2.05) is 12.1 Å². The third kappa shape index (κ3) is 5.48. The lowest BCUT2D eigenvalue weighted by Crippen LogP contribution is -2.16. The Morgan fingerprint density at radius 2 is 1.83 bits per heavy atom. The van der Waals surface area contributed by atoms with E-state index in [0.717, 1.165) is 0 Å². The van der Waals surface area contributed by atoms with Crippen LogP contribution in [0.25, 0.3) is 11.3 Å². The van der Waals surface area contributed by atoms with Gasteiger partial charge in [0.05, 0.1) is 29.1 Å². The van der Waals surface area contributed by atoms with Crippen molar-refractivity contribution < 1.29 is 14.3 Å². The number of hydrogen-bond donors (Lipinski definition) is 2. The molecule has 4 rings (SSSR count). The smallest absolute Gasteiger partial charge is 0.343 e. The maximum atomic E-state index is 12.5. The Bertz CT molecular complexity index is 1530. The minimum Gasteiger partial charge on any atom is -0.493 e. The van der Waals surface area contributed by atoms with Gasteiger partial charge < -0.3 is 9.47 Å². The van der Waals surface area contributed by atoms with E-state index in [9.17, 15) is 14.9 Å². The maximum Gasteiger partial charge on any atom is 0.343 e. The summed E-state index contributed by atoms with van der Waals surface area (Å²) in [4.78, 5) is 31.7. The van der Waals surface area contributed by atoms with Crippen LogP contribution in [-0.2, 0) is 0 Å². The van der Waals surface area contributed by atoms with Crippen molar-refractivity contribution in [2.24, 2.45) is 5.10 Å². The summed E-state index contributed by atoms with van der Waals surface area (Å²) in [6.45, 7) is 0. The highest BCUT2D eigenvalue weighted by Crippen LogP contribution is 2.37. The number of H-pyrrole nitrogens is 1. The van der Waals surface area contributed by atoms with Gasteiger partial charge in [-0.1, -0.05) is 48.5 Å². The summed E-state index contributed by atoms with van der Waals surface area (Å²) in [5.41, 5.74) is 3.87. The fraction of sp³-hybridized carbons (Fsp3) is 0.0385. The number of ether oxygens (including phenoxy) is 2. The van der Waals surface area contributed by atoms with Crippen molar-refractivity contribution in [3.8, 4) is 28.8 Å². The number of halogens is 1. The Morgan fingerprint density at radius 1 is 1.14 bits per heavy atom. The number of hydrogen-bond acceptors (Lipinski definition) is 8. The lowest BCUT2D eigenvalue weighted by molar-refractivity contribution is 0.0728. The number of nitrogens with one attached hydrogen (secondary N) is 2. The molecule has 0 radical (unpaired) electrons. The number of benzene rings is 3. The van der Waals surface area contributed by atoms with Crippen LogP contribution in [0.15, 0.2) is 87.2 Å². The van der Waals surface area contributed by atoms with E-state index in [-0.39, 0.29) is 23.0 Å². The molecule has 10 heteroatoms. The zero-order valence-electron chi connectivity index (χ0n) is 18.9. The Labute approximate surface area is 214 Å². The number of aromatic nitrogens is 2. The minimum atomic E-state index is -0.585. The SMILES string of the molecule is COc1cc(C=NNc2nc(-c3ccccc3)c(C#N)c(=O)[nH]2)cc(Br)c1OC(=O)c1ccccc1. The number of anilines is 1. The van der Waals surface area contributed by atoms with E-state index in [2.05, 4.69) is 36.4 Å². The normalized spacial score (nSPS) is 10.6. The lowest BCUT2D eigenvalue weighted by atomic mass is 10.1. The van der Waals surface area contributed by atoms with Crippen LogP contribution in [0.1, 0.15) is 21.5 Å². The molecule has 9 nitrogen and oxygen atoms in total. The molecule has 178 valence electrons. The number of carbonyl (C=O) groups excluding carboxylic acids is 1. The molecule has 0 fully saturated rings. The number of methoxy groups -OCH3 is 1. The summed E-state index contributed by atoms with van der Waals surface area (Å²) in [5.74, 6) is 0.0738. The fourth-order valence-electron chi connectivity index (χ4n) is 3.24. The van der Waals surface area contributed by atoms with Crippen LogP contribution in [0.5, 0.6) is 11.5 Å². The van der Waals surface area contributed by atoms with Gasteiger partial charge in [-0.05, 0) is 45.8 Å². The Morgan fingerprint density at radius 3 is 2.50 bits per heavy atom. The van der Waals surface area contributed by atoms with Crippen molar-refractivity contribution in [1.82, 2.24) is 9.97 Å². The first kappa shape index (κ1) is 24.4. The number of aromatic amines is 1. The number of nitrogens with zero attached hydrogens (tertiary/aromatic N) is 3. The summed E-state index contributed by atoms with van der Waals surface area (Å²) >= 11 is 3.41. The molecule has 1 aromatic heterocycles. The van der Waals surface area contributed by atoms with Gasteiger partial charge >= 0.3 is 5.97 Å². The zero-order valence-corrected chi connectivity index (χ0v) is 20.4. The van der Waals surface area contributed by atoms with Gasteiger partial charge in [-0.15, -0.1) is 0 Å². The highest BCUT2D eigenvalue weighted by atomic mass is 79.9. The highest BCUT2D eigenvalue weighted by Gasteiger charge is 2.17. The van der Waals surface area contributed by atoms with Gasteiger partial charge in [0, 0.05) is 5.56 Å².